The number of benzene rings is 1. The molecule has 3 heterocycles. The van der Waals surface area contributed by atoms with Crippen molar-refractivity contribution in [3.05, 3.63) is 46.3 Å². The molecule has 1 aromatic carbocycles. The molecule has 50 heavy (non-hydrogen) atoms. The Bertz CT molecular complexity index is 1800. The van der Waals surface area contributed by atoms with Crippen molar-refractivity contribution in [3.8, 4) is 28.4 Å². The van der Waals surface area contributed by atoms with Crippen LogP contribution < -0.4 is 10.1 Å². The number of amides is 1. The van der Waals surface area contributed by atoms with Gasteiger partial charge < -0.3 is 28.6 Å². The SMILES string of the molecule is Cc1noc(C)c1-c1nc(-c2cccc(OCC(CN(C)C(=O)OC(C)(C)C)O[Si](C)(C)C(C)(C)C)c2)nc(Nc2nnc(C3CC3)s2)c1C. The summed E-state index contributed by atoms with van der Waals surface area (Å²) in [6.07, 6.45) is 1.52. The second kappa shape index (κ2) is 14.4. The zero-order valence-electron chi connectivity index (χ0n) is 31.4. The van der Waals surface area contributed by atoms with Crippen molar-refractivity contribution in [1.82, 2.24) is 30.2 Å². The van der Waals surface area contributed by atoms with Gasteiger partial charge in [-0.3, -0.25) is 0 Å². The molecule has 1 amide bonds. The van der Waals surface area contributed by atoms with Gasteiger partial charge in [0.05, 0.1) is 29.6 Å². The summed E-state index contributed by atoms with van der Waals surface area (Å²) in [6, 6.07) is 7.69. The number of rotatable bonds is 12. The highest BCUT2D eigenvalue weighted by Gasteiger charge is 2.40. The van der Waals surface area contributed by atoms with Crippen LogP contribution in [0.25, 0.3) is 22.6 Å². The molecule has 1 unspecified atom stereocenters. The standard InChI is InChI=1S/C36H51N7O5SSi/c1-21-29(28-22(2)42-47-23(28)3)37-31(38-30(21)39-33-41-40-32(49-33)24-16-17-24)25-14-13-15-26(18-25)45-20-27(48-50(11,12)36(7,8)9)19-43(10)34(44)46-35(4,5)6/h13-15,18,24,27H,16-17,19-20H2,1-12H3,(H,37,38,39,41). The highest BCUT2D eigenvalue weighted by Crippen LogP contribution is 2.43. The van der Waals surface area contributed by atoms with Crippen molar-refractivity contribution < 1.29 is 23.2 Å². The molecule has 1 aliphatic rings. The fourth-order valence-electron chi connectivity index (χ4n) is 5.06. The molecule has 0 spiro atoms. The summed E-state index contributed by atoms with van der Waals surface area (Å²) in [5, 5.41) is 18.1. The molecule has 5 rings (SSSR count). The van der Waals surface area contributed by atoms with Crippen molar-refractivity contribution in [2.24, 2.45) is 0 Å². The summed E-state index contributed by atoms with van der Waals surface area (Å²) in [4.78, 5) is 24.4. The third-order valence-electron chi connectivity index (χ3n) is 8.99. The largest absolute Gasteiger partial charge is 0.491 e. The quantitative estimate of drug-likeness (QED) is 0.140. The minimum absolute atomic E-state index is 0.0305. The second-order valence-corrected chi connectivity index (χ2v) is 21.4. The third-order valence-corrected chi connectivity index (χ3v) is 14.5. The van der Waals surface area contributed by atoms with Crippen molar-refractivity contribution in [2.45, 2.75) is 111 Å². The summed E-state index contributed by atoms with van der Waals surface area (Å²) in [7, 11) is -0.489. The topological polar surface area (TPSA) is 138 Å². The van der Waals surface area contributed by atoms with Crippen LogP contribution in [-0.2, 0) is 9.16 Å². The van der Waals surface area contributed by atoms with E-state index in [2.05, 4.69) is 54.5 Å². The number of nitrogens with one attached hydrogen (secondary N) is 1. The maximum absolute atomic E-state index is 12.9. The number of carbonyl (C=O) groups excluding carboxylic acids is 1. The van der Waals surface area contributed by atoms with Crippen LogP contribution in [0.5, 0.6) is 5.75 Å². The van der Waals surface area contributed by atoms with Gasteiger partial charge in [-0.05, 0) is 84.6 Å². The van der Waals surface area contributed by atoms with Crippen molar-refractivity contribution in [2.75, 3.05) is 25.5 Å². The lowest BCUT2D eigenvalue weighted by Crippen LogP contribution is -2.49. The smallest absolute Gasteiger partial charge is 0.410 e. The predicted octanol–water partition coefficient (Wildman–Crippen LogP) is 8.83. The highest BCUT2D eigenvalue weighted by atomic mass is 32.1. The van der Waals surface area contributed by atoms with Gasteiger partial charge in [-0.15, -0.1) is 10.2 Å². The van der Waals surface area contributed by atoms with Gasteiger partial charge in [-0.1, -0.05) is 49.4 Å². The van der Waals surface area contributed by atoms with Gasteiger partial charge in [0.15, 0.2) is 14.1 Å². The summed E-state index contributed by atoms with van der Waals surface area (Å²) in [5.74, 6) is 2.94. The number of ether oxygens (including phenoxy) is 2. The maximum Gasteiger partial charge on any atom is 0.410 e. The molecule has 1 atom stereocenters. The molecule has 270 valence electrons. The van der Waals surface area contributed by atoms with E-state index in [0.29, 0.717) is 40.7 Å². The minimum atomic E-state index is -2.21. The first-order valence-corrected chi connectivity index (χ1v) is 20.8. The predicted molar refractivity (Wildman–Crippen MR) is 199 cm³/mol. The fraction of sp³-hybridized carbons (Fsp3) is 0.556. The number of aryl methyl sites for hydroxylation is 2. The summed E-state index contributed by atoms with van der Waals surface area (Å²) < 4.78 is 24.3. The van der Waals surface area contributed by atoms with Gasteiger partial charge >= 0.3 is 6.09 Å². The van der Waals surface area contributed by atoms with E-state index in [1.165, 1.54) is 0 Å². The van der Waals surface area contributed by atoms with Crippen LogP contribution in [0.4, 0.5) is 15.7 Å². The average Bonchev–Trinajstić information content (AvgIpc) is 3.67. The molecule has 0 radical (unpaired) electrons. The molecule has 0 aliphatic heterocycles. The van der Waals surface area contributed by atoms with E-state index < -0.39 is 20.0 Å². The number of carbonyl (C=O) groups is 1. The van der Waals surface area contributed by atoms with E-state index in [1.54, 1.807) is 23.3 Å². The molecule has 4 aromatic rings. The Labute approximate surface area is 300 Å². The van der Waals surface area contributed by atoms with E-state index in [0.717, 1.165) is 45.9 Å². The lowest BCUT2D eigenvalue weighted by Gasteiger charge is -2.40. The molecule has 1 N–H and O–H groups in total. The molecule has 1 aliphatic carbocycles. The van der Waals surface area contributed by atoms with E-state index >= 15 is 0 Å². The normalized spacial score (nSPS) is 14.4. The highest BCUT2D eigenvalue weighted by molar-refractivity contribution is 7.15. The van der Waals surface area contributed by atoms with Crippen LogP contribution in [0.1, 0.15) is 82.3 Å². The number of likely N-dealkylation sites (N-methyl/N-ethyl adjacent to an activating group) is 1. The van der Waals surface area contributed by atoms with E-state index in [1.807, 2.05) is 65.8 Å². The van der Waals surface area contributed by atoms with Gasteiger partial charge in [0.1, 0.15) is 34.5 Å². The second-order valence-electron chi connectivity index (χ2n) is 15.6. The molecule has 0 saturated heterocycles. The molecule has 1 saturated carbocycles. The van der Waals surface area contributed by atoms with Gasteiger partial charge in [0.2, 0.25) is 5.13 Å². The number of nitrogens with zero attached hydrogens (tertiary/aromatic N) is 6. The van der Waals surface area contributed by atoms with Gasteiger partial charge in [-0.2, -0.15) is 0 Å². The average molecular weight is 722 g/mol. The van der Waals surface area contributed by atoms with Gasteiger partial charge in [0.25, 0.3) is 0 Å². The Morgan fingerprint density at radius 2 is 1.82 bits per heavy atom. The Balaban J connectivity index is 1.43. The van der Waals surface area contributed by atoms with E-state index in [4.69, 9.17) is 28.4 Å². The Hall–Kier alpha value is -3.88. The van der Waals surface area contributed by atoms with Crippen LogP contribution in [-0.4, -0.2) is 76.5 Å². The number of aromatic nitrogens is 5. The Morgan fingerprint density at radius 3 is 2.44 bits per heavy atom. The molecule has 0 bridgehead atoms. The van der Waals surface area contributed by atoms with Gasteiger partial charge in [0, 0.05) is 24.1 Å². The van der Waals surface area contributed by atoms with Crippen LogP contribution >= 0.6 is 11.3 Å². The maximum atomic E-state index is 12.9. The Morgan fingerprint density at radius 1 is 1.10 bits per heavy atom. The number of hydrogen-bond donors (Lipinski definition) is 1. The van der Waals surface area contributed by atoms with Crippen LogP contribution in [0.15, 0.2) is 28.8 Å². The zero-order valence-corrected chi connectivity index (χ0v) is 33.2. The minimum Gasteiger partial charge on any atom is -0.491 e. The molecule has 1 fully saturated rings. The zero-order chi connectivity index (χ0) is 36.6. The molecule has 14 heteroatoms. The lowest BCUT2D eigenvalue weighted by molar-refractivity contribution is 0.0172. The third kappa shape index (κ3) is 9.07. The van der Waals surface area contributed by atoms with E-state index in [9.17, 15) is 4.79 Å². The van der Waals surface area contributed by atoms with Crippen LogP contribution in [0, 0.1) is 20.8 Å². The first-order valence-electron chi connectivity index (χ1n) is 17.1. The van der Waals surface area contributed by atoms with Gasteiger partial charge in [-0.25, -0.2) is 14.8 Å². The number of hydrogen-bond acceptors (Lipinski definition) is 12. The molecule has 3 aromatic heterocycles. The monoisotopic (exact) mass is 721 g/mol. The van der Waals surface area contributed by atoms with Crippen LogP contribution in [0.2, 0.25) is 18.1 Å². The first-order chi connectivity index (χ1) is 23.3. The molecular weight excluding hydrogens is 671 g/mol. The lowest BCUT2D eigenvalue weighted by atomic mass is 10.0. The first kappa shape index (κ1) is 37.4. The molecular formula is C36H51N7O5SSi. The summed E-state index contributed by atoms with van der Waals surface area (Å²) in [6.45, 7) is 22.8. The van der Waals surface area contributed by atoms with Crippen LogP contribution in [0.3, 0.4) is 0 Å². The number of anilines is 2. The fourth-order valence-corrected chi connectivity index (χ4v) is 7.31. The van der Waals surface area contributed by atoms with Crippen molar-refractivity contribution in [3.63, 3.8) is 0 Å². The molecule has 12 nitrogen and oxygen atoms in total. The van der Waals surface area contributed by atoms with Crippen molar-refractivity contribution >= 4 is 36.7 Å². The van der Waals surface area contributed by atoms with Crippen molar-refractivity contribution in [1.29, 1.82) is 0 Å². The summed E-state index contributed by atoms with van der Waals surface area (Å²) in [5.41, 5.74) is 3.31. The van der Waals surface area contributed by atoms with E-state index in [-0.39, 0.29) is 17.7 Å². The Kier molecular flexibility index (Phi) is 10.8. The summed E-state index contributed by atoms with van der Waals surface area (Å²) >= 11 is 1.56.